The van der Waals surface area contributed by atoms with E-state index in [1.54, 1.807) is 13.0 Å². The van der Waals surface area contributed by atoms with E-state index in [0.717, 1.165) is 5.56 Å². The lowest BCUT2D eigenvalue weighted by Gasteiger charge is -2.18. The van der Waals surface area contributed by atoms with Gasteiger partial charge < -0.3 is 10.8 Å². The third-order valence-corrected chi connectivity index (χ3v) is 2.30. The quantitative estimate of drug-likeness (QED) is 0.528. The van der Waals surface area contributed by atoms with E-state index in [0.29, 0.717) is 18.7 Å². The number of nitrogens with two attached hydrogens (primary N) is 1. The van der Waals surface area contributed by atoms with Gasteiger partial charge >= 0.3 is 0 Å². The largest absolute Gasteiger partial charge is 0.392 e. The lowest BCUT2D eigenvalue weighted by Crippen LogP contribution is -2.27. The minimum Gasteiger partial charge on any atom is -0.392 e. The van der Waals surface area contributed by atoms with Gasteiger partial charge in [-0.05, 0) is 37.7 Å². The Bertz CT molecular complexity index is 407. The molecule has 4 nitrogen and oxygen atoms in total. The number of hydrogen-bond donors (Lipinski definition) is 3. The number of hydrogen-bond acceptors (Lipinski definition) is 3. The normalized spacial score (nSPS) is 12.8. The zero-order valence-corrected chi connectivity index (χ0v) is 10.1. The van der Waals surface area contributed by atoms with Crippen LogP contribution in [0.2, 0.25) is 0 Å². The van der Waals surface area contributed by atoms with Gasteiger partial charge in [0.15, 0.2) is 0 Å². The molecule has 0 saturated heterocycles. The number of nitrogens with zero attached hydrogens (tertiary/aromatic N) is 1. The predicted octanol–water partition coefficient (Wildman–Crippen LogP) is 0.922. The van der Waals surface area contributed by atoms with Crippen molar-refractivity contribution >= 4 is 5.84 Å². The van der Waals surface area contributed by atoms with Gasteiger partial charge in [0.25, 0.3) is 0 Å². The average molecular weight is 239 g/mol. The lowest BCUT2D eigenvalue weighted by molar-refractivity contribution is 0.138. The molecule has 1 rings (SSSR count). The van der Waals surface area contributed by atoms with Gasteiger partial charge in [0, 0.05) is 18.7 Å². The Morgan fingerprint density at radius 1 is 1.53 bits per heavy atom. The summed E-state index contributed by atoms with van der Waals surface area (Å²) in [5, 5.41) is 16.5. The summed E-state index contributed by atoms with van der Waals surface area (Å²) in [7, 11) is 1.84. The second kappa shape index (κ2) is 5.75. The van der Waals surface area contributed by atoms with E-state index in [4.69, 9.17) is 11.1 Å². The summed E-state index contributed by atoms with van der Waals surface area (Å²) in [5.41, 5.74) is 6.44. The minimum absolute atomic E-state index is 0.149. The van der Waals surface area contributed by atoms with Crippen molar-refractivity contribution in [2.24, 2.45) is 5.73 Å². The van der Waals surface area contributed by atoms with Crippen LogP contribution < -0.4 is 5.73 Å². The number of nitrogens with one attached hydrogen (secondary N) is 1. The molecule has 0 aliphatic carbocycles. The maximum Gasteiger partial charge on any atom is 0.124 e. The van der Waals surface area contributed by atoms with Crippen molar-refractivity contribution in [2.75, 3.05) is 13.6 Å². The zero-order valence-electron chi connectivity index (χ0n) is 10.1. The lowest BCUT2D eigenvalue weighted by atomic mass is 10.1. The van der Waals surface area contributed by atoms with Crippen LogP contribution >= 0.6 is 0 Å². The van der Waals surface area contributed by atoms with Crippen LogP contribution in [0.1, 0.15) is 18.1 Å². The van der Waals surface area contributed by atoms with E-state index < -0.39 is 11.9 Å². The van der Waals surface area contributed by atoms with E-state index in [1.165, 1.54) is 12.1 Å². The summed E-state index contributed by atoms with van der Waals surface area (Å²) < 4.78 is 13.3. The summed E-state index contributed by atoms with van der Waals surface area (Å²) in [6.07, 6.45) is -0.430. The molecule has 0 amide bonds. The first-order valence-electron chi connectivity index (χ1n) is 5.39. The standard InChI is InChI=1S/C12H18FN3O/c1-8(17)6-16(2)7-9-3-10(12(14)15)5-11(13)4-9/h3-5,8,17H,6-7H2,1-2H3,(H3,14,15). The van der Waals surface area contributed by atoms with Crippen LogP contribution in [0.25, 0.3) is 0 Å². The van der Waals surface area contributed by atoms with Gasteiger partial charge in [-0.25, -0.2) is 4.39 Å². The number of likely N-dealkylation sites (N-methyl/N-ethyl adjacent to an activating group) is 1. The molecule has 0 saturated carbocycles. The molecule has 0 bridgehead atoms. The Balaban J connectivity index is 2.80. The van der Waals surface area contributed by atoms with Crippen molar-refractivity contribution < 1.29 is 9.50 Å². The summed E-state index contributed by atoms with van der Waals surface area (Å²) >= 11 is 0. The molecule has 0 aromatic heterocycles. The Morgan fingerprint density at radius 2 is 2.18 bits per heavy atom. The van der Waals surface area contributed by atoms with Crippen LogP contribution in [0.4, 0.5) is 4.39 Å². The van der Waals surface area contributed by atoms with Gasteiger partial charge in [0.2, 0.25) is 0 Å². The molecular formula is C12H18FN3O. The zero-order chi connectivity index (χ0) is 13.0. The van der Waals surface area contributed by atoms with Gasteiger partial charge in [-0.1, -0.05) is 0 Å². The number of aliphatic hydroxyl groups is 1. The van der Waals surface area contributed by atoms with Crippen LogP contribution in [-0.2, 0) is 6.54 Å². The van der Waals surface area contributed by atoms with E-state index in [9.17, 15) is 9.50 Å². The van der Waals surface area contributed by atoms with Crippen molar-refractivity contribution in [1.29, 1.82) is 5.41 Å². The van der Waals surface area contributed by atoms with Gasteiger partial charge in [0.1, 0.15) is 11.7 Å². The molecule has 17 heavy (non-hydrogen) atoms. The van der Waals surface area contributed by atoms with Crippen molar-refractivity contribution in [3.8, 4) is 0 Å². The summed E-state index contributed by atoms with van der Waals surface area (Å²) in [5.74, 6) is -0.554. The summed E-state index contributed by atoms with van der Waals surface area (Å²) in [6.45, 7) is 2.71. The van der Waals surface area contributed by atoms with E-state index in [2.05, 4.69) is 0 Å². The molecule has 5 heteroatoms. The smallest absolute Gasteiger partial charge is 0.124 e. The van der Waals surface area contributed by atoms with Crippen LogP contribution in [0, 0.1) is 11.2 Å². The Kier molecular flexibility index (Phi) is 4.60. The first kappa shape index (κ1) is 13.6. The molecule has 1 aromatic carbocycles. The SMILES string of the molecule is CC(O)CN(C)Cc1cc(F)cc(C(=N)N)c1. The maximum absolute atomic E-state index is 13.3. The predicted molar refractivity (Wildman–Crippen MR) is 65.4 cm³/mol. The fourth-order valence-corrected chi connectivity index (χ4v) is 1.72. The van der Waals surface area contributed by atoms with Gasteiger partial charge in [-0.2, -0.15) is 0 Å². The van der Waals surface area contributed by atoms with Crippen molar-refractivity contribution in [3.05, 3.63) is 35.1 Å². The molecule has 1 atom stereocenters. The number of amidine groups is 1. The second-order valence-electron chi connectivity index (χ2n) is 4.31. The number of nitrogen functional groups attached to an aromatic ring is 1. The van der Waals surface area contributed by atoms with E-state index in [1.807, 2.05) is 11.9 Å². The third kappa shape index (κ3) is 4.50. The molecule has 4 N–H and O–H groups in total. The number of halogens is 1. The fraction of sp³-hybridized carbons (Fsp3) is 0.417. The minimum atomic E-state index is -0.430. The topological polar surface area (TPSA) is 73.3 Å². The van der Waals surface area contributed by atoms with Crippen LogP contribution in [0.3, 0.4) is 0 Å². The monoisotopic (exact) mass is 239 g/mol. The van der Waals surface area contributed by atoms with Crippen molar-refractivity contribution in [1.82, 2.24) is 4.90 Å². The Hall–Kier alpha value is -1.46. The highest BCUT2D eigenvalue weighted by atomic mass is 19.1. The van der Waals surface area contributed by atoms with Gasteiger partial charge in [-0.3, -0.25) is 10.3 Å². The molecule has 0 spiro atoms. The van der Waals surface area contributed by atoms with Crippen LogP contribution in [-0.4, -0.2) is 35.5 Å². The number of benzene rings is 1. The first-order chi connectivity index (χ1) is 7.88. The molecular weight excluding hydrogens is 221 g/mol. The molecule has 0 fully saturated rings. The third-order valence-electron chi connectivity index (χ3n) is 2.30. The van der Waals surface area contributed by atoms with Gasteiger partial charge in [-0.15, -0.1) is 0 Å². The molecule has 94 valence electrons. The maximum atomic E-state index is 13.3. The Morgan fingerprint density at radius 3 is 2.71 bits per heavy atom. The van der Waals surface area contributed by atoms with E-state index >= 15 is 0 Å². The fourth-order valence-electron chi connectivity index (χ4n) is 1.72. The molecule has 1 unspecified atom stereocenters. The molecule has 0 aliphatic heterocycles. The summed E-state index contributed by atoms with van der Waals surface area (Å²) in [6, 6.07) is 4.33. The van der Waals surface area contributed by atoms with E-state index in [-0.39, 0.29) is 5.84 Å². The number of rotatable bonds is 5. The molecule has 0 heterocycles. The van der Waals surface area contributed by atoms with Crippen molar-refractivity contribution in [3.63, 3.8) is 0 Å². The number of aliphatic hydroxyl groups excluding tert-OH is 1. The highest BCUT2D eigenvalue weighted by molar-refractivity contribution is 5.95. The first-order valence-corrected chi connectivity index (χ1v) is 5.39. The van der Waals surface area contributed by atoms with Crippen LogP contribution in [0.15, 0.2) is 18.2 Å². The summed E-state index contributed by atoms with van der Waals surface area (Å²) in [4.78, 5) is 1.88. The van der Waals surface area contributed by atoms with Crippen LogP contribution in [0.5, 0.6) is 0 Å². The molecule has 1 aromatic rings. The molecule has 0 radical (unpaired) electrons. The van der Waals surface area contributed by atoms with Gasteiger partial charge in [0.05, 0.1) is 6.10 Å². The Labute approximate surface area is 100 Å². The average Bonchev–Trinajstić information content (AvgIpc) is 2.14. The highest BCUT2D eigenvalue weighted by Crippen LogP contribution is 2.11. The second-order valence-corrected chi connectivity index (χ2v) is 4.31. The highest BCUT2D eigenvalue weighted by Gasteiger charge is 2.07. The van der Waals surface area contributed by atoms with Crippen molar-refractivity contribution in [2.45, 2.75) is 19.6 Å². The molecule has 0 aliphatic rings.